The quantitative estimate of drug-likeness (QED) is 0.604. The van der Waals surface area contributed by atoms with Crippen LogP contribution in [-0.4, -0.2) is 10.1 Å². The smallest absolute Gasteiger partial charge is 0.0696 e. The highest BCUT2D eigenvalue weighted by Gasteiger charge is 1.87. The zero-order valence-electron chi connectivity index (χ0n) is 7.13. The molecule has 0 bridgehead atoms. The van der Waals surface area contributed by atoms with E-state index in [0.717, 1.165) is 5.69 Å². The second-order valence-corrected chi connectivity index (χ2v) is 1.80. The van der Waals surface area contributed by atoms with Crippen molar-refractivity contribution in [2.75, 3.05) is 0 Å². The van der Waals surface area contributed by atoms with Crippen molar-refractivity contribution in [3.8, 4) is 0 Å². The summed E-state index contributed by atoms with van der Waals surface area (Å²) in [6, 6.07) is 3.17. The fraction of sp³-hybridized carbons (Fsp3) is 0.286. The number of hydrogen-bond acceptors (Lipinski definition) is 2. The first-order valence-electron chi connectivity index (χ1n) is 3.65. The average Bonchev–Trinajstić information content (AvgIpc) is 1.86. The largest absolute Gasteiger partial charge is 0.392 e. The Balaban J connectivity index is 2.99. The molecule has 0 saturated heterocycles. The van der Waals surface area contributed by atoms with Crippen LogP contribution in [0.25, 0.3) is 0 Å². The Hall–Kier alpha value is -0.890. The summed E-state index contributed by atoms with van der Waals surface area (Å²) in [5.74, 6) is 0. The standard InChI is InChI=1S/C7H9NO/c1-6-2-3-7(5-9)4-8-6/h2-4,9H,5H2,1H3/i5D2. The Morgan fingerprint density at radius 2 is 2.56 bits per heavy atom. The van der Waals surface area contributed by atoms with E-state index in [0.29, 0.717) is 0 Å². The number of nitrogens with zero attached hydrogens (tertiary/aromatic N) is 1. The van der Waals surface area contributed by atoms with Crippen molar-refractivity contribution < 1.29 is 7.85 Å². The summed E-state index contributed by atoms with van der Waals surface area (Å²) in [5.41, 5.74) is 0.987. The third-order valence-corrected chi connectivity index (χ3v) is 1.04. The van der Waals surface area contributed by atoms with Gasteiger partial charge in [-0.3, -0.25) is 4.98 Å². The highest BCUT2D eigenvalue weighted by molar-refractivity contribution is 5.11. The normalized spacial score (nSPS) is 14.4. The first kappa shape index (κ1) is 4.01. The van der Waals surface area contributed by atoms with Crippen molar-refractivity contribution in [2.24, 2.45) is 0 Å². The molecule has 0 saturated carbocycles. The monoisotopic (exact) mass is 125 g/mol. The van der Waals surface area contributed by atoms with Crippen LogP contribution in [0.5, 0.6) is 0 Å². The number of aromatic nitrogens is 1. The SMILES string of the molecule is [2H]C([2H])(O)c1ccc(C)nc1. The lowest BCUT2D eigenvalue weighted by Gasteiger charge is -1.93. The van der Waals surface area contributed by atoms with Crippen LogP contribution in [-0.2, 0) is 6.56 Å². The highest BCUT2D eigenvalue weighted by atomic mass is 16.3. The number of rotatable bonds is 1. The number of pyridine rings is 1. The molecule has 1 aromatic heterocycles. The lowest BCUT2D eigenvalue weighted by atomic mass is 10.3. The Kier molecular flexibility index (Phi) is 1.16. The zero-order chi connectivity index (χ0) is 8.48. The average molecular weight is 125 g/mol. The number of aliphatic hydroxyl groups is 1. The highest BCUT2D eigenvalue weighted by Crippen LogP contribution is 1.97. The van der Waals surface area contributed by atoms with E-state index >= 15 is 0 Å². The molecule has 1 aromatic rings. The van der Waals surface area contributed by atoms with Gasteiger partial charge in [-0.15, -0.1) is 0 Å². The Morgan fingerprint density at radius 1 is 1.78 bits per heavy atom. The van der Waals surface area contributed by atoms with E-state index in [9.17, 15) is 0 Å². The van der Waals surface area contributed by atoms with Crippen molar-refractivity contribution in [3.05, 3.63) is 29.6 Å². The molecule has 0 unspecified atom stereocenters. The molecule has 1 N–H and O–H groups in total. The van der Waals surface area contributed by atoms with E-state index < -0.39 is 6.56 Å². The van der Waals surface area contributed by atoms with Crippen LogP contribution in [0.3, 0.4) is 0 Å². The van der Waals surface area contributed by atoms with Crippen LogP contribution in [0.4, 0.5) is 0 Å². The van der Waals surface area contributed by atoms with Gasteiger partial charge in [0.05, 0.1) is 9.30 Å². The number of hydrogen-bond donors (Lipinski definition) is 1. The minimum atomic E-state index is -2.28. The van der Waals surface area contributed by atoms with Crippen molar-refractivity contribution in [3.63, 3.8) is 0 Å². The third-order valence-electron chi connectivity index (χ3n) is 1.04. The predicted octanol–water partition coefficient (Wildman–Crippen LogP) is 0.882. The maximum Gasteiger partial charge on any atom is 0.0696 e. The van der Waals surface area contributed by atoms with Gasteiger partial charge in [-0.05, 0) is 18.6 Å². The van der Waals surface area contributed by atoms with Crippen molar-refractivity contribution in [1.82, 2.24) is 4.98 Å². The molecule has 0 aliphatic carbocycles. The second-order valence-electron chi connectivity index (χ2n) is 1.80. The molecule has 1 heterocycles. The second kappa shape index (κ2) is 2.60. The van der Waals surface area contributed by atoms with Gasteiger partial charge >= 0.3 is 0 Å². The molecule has 2 heteroatoms. The van der Waals surface area contributed by atoms with E-state index in [1.165, 1.54) is 12.3 Å². The first-order valence-corrected chi connectivity index (χ1v) is 2.65. The van der Waals surface area contributed by atoms with Crippen LogP contribution < -0.4 is 0 Å². The summed E-state index contributed by atoms with van der Waals surface area (Å²) >= 11 is 0. The molecule has 0 fully saturated rings. The molecular weight excluding hydrogens is 114 g/mol. The summed E-state index contributed by atoms with van der Waals surface area (Å²) in [6.45, 7) is -0.475. The molecule has 0 aliphatic heterocycles. The summed E-state index contributed by atoms with van der Waals surface area (Å²) in [5, 5.41) is 8.87. The van der Waals surface area contributed by atoms with E-state index in [4.69, 9.17) is 7.85 Å². The lowest BCUT2D eigenvalue weighted by Crippen LogP contribution is -1.85. The van der Waals surface area contributed by atoms with Gasteiger partial charge in [-0.1, -0.05) is 6.07 Å². The van der Waals surface area contributed by atoms with E-state index in [2.05, 4.69) is 4.98 Å². The van der Waals surface area contributed by atoms with Crippen LogP contribution in [0, 0.1) is 6.92 Å². The van der Waals surface area contributed by atoms with Gasteiger partial charge in [-0.25, -0.2) is 0 Å². The molecule has 0 atom stereocenters. The Labute approximate surface area is 57.0 Å². The maximum absolute atomic E-state index is 8.87. The van der Waals surface area contributed by atoms with Gasteiger partial charge in [0.2, 0.25) is 0 Å². The zero-order valence-corrected chi connectivity index (χ0v) is 5.13. The van der Waals surface area contributed by atoms with Crippen molar-refractivity contribution >= 4 is 0 Å². The van der Waals surface area contributed by atoms with Crippen LogP contribution in [0.2, 0.25) is 0 Å². The van der Waals surface area contributed by atoms with Gasteiger partial charge in [0.25, 0.3) is 0 Å². The van der Waals surface area contributed by atoms with E-state index in [1.54, 1.807) is 13.0 Å². The molecule has 0 amide bonds. The molecule has 48 valence electrons. The Morgan fingerprint density at radius 3 is 3.00 bits per heavy atom. The summed E-state index contributed by atoms with van der Waals surface area (Å²) in [7, 11) is 0. The molecule has 1 rings (SSSR count). The lowest BCUT2D eigenvalue weighted by molar-refractivity contribution is 0.281. The third kappa shape index (κ3) is 1.50. The van der Waals surface area contributed by atoms with E-state index in [1.807, 2.05) is 0 Å². The first-order chi connectivity index (χ1) is 5.00. The predicted molar refractivity (Wildman–Crippen MR) is 34.9 cm³/mol. The van der Waals surface area contributed by atoms with Crippen LogP contribution in [0.15, 0.2) is 18.3 Å². The summed E-state index contributed by atoms with van der Waals surface area (Å²) in [4.78, 5) is 3.85. The fourth-order valence-electron chi connectivity index (χ4n) is 0.534. The molecule has 0 aromatic carbocycles. The topological polar surface area (TPSA) is 33.1 Å². The molecule has 0 aliphatic rings. The molecule has 0 spiro atoms. The minimum Gasteiger partial charge on any atom is -0.392 e. The molecule has 2 nitrogen and oxygen atoms in total. The van der Waals surface area contributed by atoms with Gasteiger partial charge in [-0.2, -0.15) is 0 Å². The molecular formula is C7H9NO. The molecule has 9 heavy (non-hydrogen) atoms. The van der Waals surface area contributed by atoms with Crippen LogP contribution >= 0.6 is 0 Å². The van der Waals surface area contributed by atoms with Gasteiger partial charge < -0.3 is 5.11 Å². The fourth-order valence-corrected chi connectivity index (χ4v) is 0.534. The van der Waals surface area contributed by atoms with Crippen molar-refractivity contribution in [1.29, 1.82) is 0 Å². The maximum atomic E-state index is 8.87. The summed E-state index contributed by atoms with van der Waals surface area (Å²) < 4.78 is 13.9. The summed E-state index contributed by atoms with van der Waals surface area (Å²) in [6.07, 6.45) is 1.33. The van der Waals surface area contributed by atoms with Gasteiger partial charge in [0.1, 0.15) is 0 Å². The molecule has 0 radical (unpaired) electrons. The van der Waals surface area contributed by atoms with Gasteiger partial charge in [0, 0.05) is 11.9 Å². The van der Waals surface area contributed by atoms with E-state index in [-0.39, 0.29) is 5.56 Å². The van der Waals surface area contributed by atoms with Crippen LogP contribution in [0.1, 0.15) is 14.0 Å². The minimum absolute atomic E-state index is 0.183. The van der Waals surface area contributed by atoms with Gasteiger partial charge in [0.15, 0.2) is 0 Å². The number of aryl methyl sites for hydroxylation is 1. The van der Waals surface area contributed by atoms with Crippen molar-refractivity contribution in [2.45, 2.75) is 13.5 Å². The Bertz CT molecular complexity index is 240.